The molecule has 1 N–H and O–H groups in total. The molecule has 1 aromatic rings. The molecule has 0 aromatic carbocycles. The Bertz CT molecular complexity index is 811. The monoisotopic (exact) mass is 419 g/mol. The zero-order chi connectivity index (χ0) is 21.4. The number of ether oxygens (including phenoxy) is 2. The van der Waals surface area contributed by atoms with E-state index >= 15 is 0 Å². The summed E-state index contributed by atoms with van der Waals surface area (Å²) in [5.41, 5.74) is -0.870. The number of amides is 1. The van der Waals surface area contributed by atoms with Gasteiger partial charge in [0.05, 0.1) is 25.2 Å². The van der Waals surface area contributed by atoms with Gasteiger partial charge < -0.3 is 19.7 Å². The summed E-state index contributed by atoms with van der Waals surface area (Å²) in [6.07, 6.45) is 3.72. The Kier molecular flexibility index (Phi) is 5.70. The summed E-state index contributed by atoms with van der Waals surface area (Å²) in [7, 11) is 0. The molecule has 3 heterocycles. The van der Waals surface area contributed by atoms with Crippen molar-refractivity contribution in [2.75, 3.05) is 37.8 Å². The number of ketones is 1. The molecule has 0 radical (unpaired) electrons. The molecular formula is C22H30FN3O4. The van der Waals surface area contributed by atoms with Crippen LogP contribution < -0.4 is 15.0 Å². The number of pyridine rings is 1. The number of nitrogens with one attached hydrogen (secondary N) is 1. The lowest BCUT2D eigenvalue weighted by atomic mass is 9.85. The molecule has 3 fully saturated rings. The number of hydrogen-bond acceptors (Lipinski definition) is 6. The lowest BCUT2D eigenvalue weighted by Crippen LogP contribution is -2.57. The van der Waals surface area contributed by atoms with Crippen LogP contribution in [0.25, 0.3) is 0 Å². The predicted octanol–water partition coefficient (Wildman–Crippen LogP) is 2.68. The normalized spacial score (nSPS) is 22.2. The Morgan fingerprint density at radius 3 is 2.60 bits per heavy atom. The molecule has 0 spiro atoms. The number of halogens is 1. The van der Waals surface area contributed by atoms with E-state index < -0.39 is 11.2 Å². The number of nitrogens with zero attached hydrogens (tertiary/aromatic N) is 2. The number of rotatable bonds is 8. The Balaban J connectivity index is 1.52. The maximum atomic E-state index is 14.0. The predicted molar refractivity (Wildman–Crippen MR) is 110 cm³/mol. The molecule has 2 aliphatic heterocycles. The van der Waals surface area contributed by atoms with Crippen LogP contribution in [0.4, 0.5) is 10.1 Å². The van der Waals surface area contributed by atoms with Crippen LogP contribution in [0.5, 0.6) is 5.88 Å². The Labute approximate surface area is 176 Å². The SMILES string of the molecule is CC(=O)CC1(NC(=O)c2ccc(N3CC(C)(F)C3)c(OCC3CC3)n2)CCOCC1. The van der Waals surface area contributed by atoms with Gasteiger partial charge in [0.25, 0.3) is 5.91 Å². The van der Waals surface area contributed by atoms with E-state index in [9.17, 15) is 14.0 Å². The fourth-order valence-corrected chi connectivity index (χ4v) is 4.20. The molecule has 0 unspecified atom stereocenters. The van der Waals surface area contributed by atoms with Crippen molar-refractivity contribution < 1.29 is 23.5 Å². The first-order valence-corrected chi connectivity index (χ1v) is 10.7. The van der Waals surface area contributed by atoms with Crippen molar-refractivity contribution in [1.82, 2.24) is 10.3 Å². The van der Waals surface area contributed by atoms with E-state index in [1.165, 1.54) is 6.92 Å². The van der Waals surface area contributed by atoms with Crippen LogP contribution in [0, 0.1) is 5.92 Å². The van der Waals surface area contributed by atoms with Crippen molar-refractivity contribution in [3.63, 3.8) is 0 Å². The lowest BCUT2D eigenvalue weighted by Gasteiger charge is -2.44. The Morgan fingerprint density at radius 1 is 1.30 bits per heavy atom. The van der Waals surface area contributed by atoms with Crippen LogP contribution in [0.1, 0.15) is 56.4 Å². The number of Topliss-reactive ketones (excluding diaryl/α,β-unsaturated/α-hetero) is 1. The van der Waals surface area contributed by atoms with Crippen molar-refractivity contribution in [3.05, 3.63) is 17.8 Å². The minimum absolute atomic E-state index is 0.0287. The zero-order valence-electron chi connectivity index (χ0n) is 17.7. The Morgan fingerprint density at radius 2 is 2.00 bits per heavy atom. The van der Waals surface area contributed by atoms with Gasteiger partial charge in [-0.05, 0) is 57.6 Å². The Hall–Kier alpha value is -2.22. The molecule has 1 aromatic heterocycles. The van der Waals surface area contributed by atoms with E-state index in [2.05, 4.69) is 10.3 Å². The van der Waals surface area contributed by atoms with Crippen LogP contribution in [0.15, 0.2) is 12.1 Å². The fourth-order valence-electron chi connectivity index (χ4n) is 4.20. The second-order valence-corrected chi connectivity index (χ2v) is 9.27. The third-order valence-corrected chi connectivity index (χ3v) is 6.02. The molecule has 0 atom stereocenters. The van der Waals surface area contributed by atoms with Gasteiger partial charge in [0.2, 0.25) is 5.88 Å². The highest BCUT2D eigenvalue weighted by Gasteiger charge is 2.41. The van der Waals surface area contributed by atoms with Crippen molar-refractivity contribution in [2.24, 2.45) is 5.92 Å². The number of hydrogen-bond donors (Lipinski definition) is 1. The molecule has 3 aliphatic rings. The van der Waals surface area contributed by atoms with Crippen molar-refractivity contribution in [2.45, 2.75) is 57.2 Å². The zero-order valence-corrected chi connectivity index (χ0v) is 17.7. The molecule has 0 bridgehead atoms. The van der Waals surface area contributed by atoms with Gasteiger partial charge in [-0.1, -0.05) is 0 Å². The molecule has 7 nitrogen and oxygen atoms in total. The van der Waals surface area contributed by atoms with Gasteiger partial charge in [-0.2, -0.15) is 0 Å². The summed E-state index contributed by atoms with van der Waals surface area (Å²) < 4.78 is 25.3. The van der Waals surface area contributed by atoms with Gasteiger partial charge in [0, 0.05) is 19.6 Å². The smallest absolute Gasteiger partial charge is 0.270 e. The van der Waals surface area contributed by atoms with Crippen molar-refractivity contribution in [3.8, 4) is 5.88 Å². The van der Waals surface area contributed by atoms with Crippen molar-refractivity contribution in [1.29, 1.82) is 0 Å². The van der Waals surface area contributed by atoms with Crippen LogP contribution in [-0.2, 0) is 9.53 Å². The van der Waals surface area contributed by atoms with Crippen LogP contribution in [0.2, 0.25) is 0 Å². The molecule has 1 saturated carbocycles. The molecule has 2 saturated heterocycles. The summed E-state index contributed by atoms with van der Waals surface area (Å²) in [6, 6.07) is 3.42. The minimum atomic E-state index is -1.22. The molecular weight excluding hydrogens is 389 g/mol. The topological polar surface area (TPSA) is 80.8 Å². The van der Waals surface area contributed by atoms with Gasteiger partial charge in [-0.15, -0.1) is 0 Å². The first-order chi connectivity index (χ1) is 14.3. The highest BCUT2D eigenvalue weighted by Crippen LogP contribution is 2.37. The minimum Gasteiger partial charge on any atom is -0.476 e. The van der Waals surface area contributed by atoms with E-state index in [0.29, 0.717) is 50.1 Å². The molecule has 8 heteroatoms. The lowest BCUT2D eigenvalue weighted by molar-refractivity contribution is -0.119. The maximum Gasteiger partial charge on any atom is 0.270 e. The number of carbonyl (C=O) groups is 2. The highest BCUT2D eigenvalue weighted by atomic mass is 19.1. The summed E-state index contributed by atoms with van der Waals surface area (Å²) >= 11 is 0. The number of carbonyl (C=O) groups excluding carboxylic acids is 2. The van der Waals surface area contributed by atoms with Gasteiger partial charge in [-0.25, -0.2) is 9.37 Å². The maximum absolute atomic E-state index is 14.0. The van der Waals surface area contributed by atoms with E-state index in [4.69, 9.17) is 9.47 Å². The first kappa shape index (κ1) is 21.0. The number of anilines is 1. The molecule has 4 rings (SSSR count). The average Bonchev–Trinajstić information content (AvgIpc) is 3.48. The van der Waals surface area contributed by atoms with E-state index in [1.807, 2.05) is 4.90 Å². The van der Waals surface area contributed by atoms with Crippen LogP contribution >= 0.6 is 0 Å². The van der Waals surface area contributed by atoms with E-state index in [1.54, 1.807) is 19.1 Å². The highest BCUT2D eigenvalue weighted by molar-refractivity contribution is 5.94. The number of alkyl halides is 1. The van der Waals surface area contributed by atoms with Gasteiger partial charge in [0.1, 0.15) is 22.8 Å². The molecule has 1 amide bonds. The summed E-state index contributed by atoms with van der Waals surface area (Å²) in [6.45, 7) is 5.23. The second-order valence-electron chi connectivity index (χ2n) is 9.27. The van der Waals surface area contributed by atoms with E-state index in [0.717, 1.165) is 12.8 Å². The first-order valence-electron chi connectivity index (χ1n) is 10.7. The van der Waals surface area contributed by atoms with Crippen LogP contribution in [0.3, 0.4) is 0 Å². The average molecular weight is 419 g/mol. The third-order valence-electron chi connectivity index (χ3n) is 6.02. The molecule has 164 valence electrons. The molecule has 30 heavy (non-hydrogen) atoms. The second kappa shape index (κ2) is 8.13. The third kappa shape index (κ3) is 4.91. The van der Waals surface area contributed by atoms with Gasteiger partial charge in [0.15, 0.2) is 0 Å². The molecule has 1 aliphatic carbocycles. The number of aromatic nitrogens is 1. The summed E-state index contributed by atoms with van der Waals surface area (Å²) in [5, 5.41) is 3.04. The van der Waals surface area contributed by atoms with Gasteiger partial charge in [-0.3, -0.25) is 9.59 Å². The fraction of sp³-hybridized carbons (Fsp3) is 0.682. The van der Waals surface area contributed by atoms with E-state index in [-0.39, 0.29) is 36.9 Å². The van der Waals surface area contributed by atoms with Gasteiger partial charge >= 0.3 is 0 Å². The summed E-state index contributed by atoms with van der Waals surface area (Å²) in [5.74, 6) is 0.597. The largest absolute Gasteiger partial charge is 0.476 e. The quantitative estimate of drug-likeness (QED) is 0.698. The standard InChI is InChI=1S/C22H30FN3O4/c1-15(27)11-22(7-9-29-10-8-22)25-19(28)17-5-6-18(26-13-21(2,23)14-26)20(24-17)30-12-16-3-4-16/h5-6,16H,3-4,7-14H2,1-2H3,(H,25,28). The summed E-state index contributed by atoms with van der Waals surface area (Å²) in [4.78, 5) is 31.2. The van der Waals surface area contributed by atoms with Crippen molar-refractivity contribution >= 4 is 17.4 Å². The van der Waals surface area contributed by atoms with Crippen LogP contribution in [-0.4, -0.2) is 60.8 Å².